The van der Waals surface area contributed by atoms with Crippen LogP contribution in [0, 0.1) is 0 Å². The lowest BCUT2D eigenvalue weighted by molar-refractivity contribution is -0.221. The highest BCUT2D eigenvalue weighted by Gasteiger charge is 2.63. The smallest absolute Gasteiger partial charge is 0.254 e. The van der Waals surface area contributed by atoms with Crippen molar-refractivity contribution in [2.45, 2.75) is 76.9 Å². The van der Waals surface area contributed by atoms with Gasteiger partial charge in [-0.05, 0) is 33.3 Å². The first kappa shape index (κ1) is 19.8. The lowest BCUT2D eigenvalue weighted by Crippen LogP contribution is -2.42. The summed E-state index contributed by atoms with van der Waals surface area (Å²) in [4.78, 5) is 14.4. The number of likely N-dealkylation sites (N-methyl/N-ethyl adjacent to an activating group) is 1. The van der Waals surface area contributed by atoms with Crippen LogP contribution < -0.4 is 0 Å². The maximum Gasteiger partial charge on any atom is 0.254 e. The van der Waals surface area contributed by atoms with Crippen molar-refractivity contribution in [3.8, 4) is 0 Å². The molecule has 1 aromatic carbocycles. The van der Waals surface area contributed by atoms with Crippen molar-refractivity contribution in [1.82, 2.24) is 4.90 Å². The van der Waals surface area contributed by atoms with Crippen LogP contribution in [0.4, 0.5) is 0 Å². The minimum Gasteiger partial charge on any atom is -0.368 e. The second-order valence-electron chi connectivity index (χ2n) is 7.86. The zero-order valence-electron chi connectivity index (χ0n) is 16.9. The van der Waals surface area contributed by atoms with E-state index >= 15 is 0 Å². The molecule has 6 atom stereocenters. The molecule has 1 aromatic rings. The zero-order valence-corrected chi connectivity index (χ0v) is 16.9. The number of hydrogen-bond acceptors (Lipinski definition) is 6. The average molecular weight is 391 g/mol. The van der Waals surface area contributed by atoms with Crippen molar-refractivity contribution in [2.24, 2.45) is 0 Å². The van der Waals surface area contributed by atoms with E-state index in [9.17, 15) is 4.79 Å². The number of amides is 1. The first-order valence-corrected chi connectivity index (χ1v) is 10.0. The largest absolute Gasteiger partial charge is 0.368 e. The first-order valence-electron chi connectivity index (χ1n) is 10.0. The van der Waals surface area contributed by atoms with E-state index in [0.717, 1.165) is 5.56 Å². The van der Waals surface area contributed by atoms with Gasteiger partial charge in [-0.25, -0.2) is 0 Å². The molecule has 154 valence electrons. The normalized spacial score (nSPS) is 35.6. The Morgan fingerprint density at radius 1 is 1.04 bits per heavy atom. The Bertz CT molecular complexity index is 691. The minimum atomic E-state index is -0.727. The molecule has 4 rings (SSSR count). The Labute approximate surface area is 165 Å². The summed E-state index contributed by atoms with van der Waals surface area (Å²) in [6.07, 6.45) is -2.47. The minimum absolute atomic E-state index is 0.000338. The molecule has 3 saturated heterocycles. The fourth-order valence-corrected chi connectivity index (χ4v) is 4.01. The predicted molar refractivity (Wildman–Crippen MR) is 100 cm³/mol. The van der Waals surface area contributed by atoms with Crippen LogP contribution in [0.3, 0.4) is 0 Å². The third-order valence-corrected chi connectivity index (χ3v) is 5.48. The number of fused-ring (bicyclic) bond motifs is 1. The first-order chi connectivity index (χ1) is 13.4. The van der Waals surface area contributed by atoms with Crippen LogP contribution in [0.5, 0.6) is 0 Å². The SMILES string of the molecule is CCN(CC)C(=O)[C@@H]1O[C@H]1[C@H]1O[C@@H]2OC(C)(C)O[C@@H]2[C@H]1OCc1ccccc1. The Morgan fingerprint density at radius 3 is 2.43 bits per heavy atom. The van der Waals surface area contributed by atoms with E-state index in [2.05, 4.69) is 0 Å². The van der Waals surface area contributed by atoms with Gasteiger partial charge >= 0.3 is 0 Å². The van der Waals surface area contributed by atoms with Gasteiger partial charge in [0.1, 0.15) is 24.4 Å². The van der Waals surface area contributed by atoms with E-state index in [1.165, 1.54) is 0 Å². The van der Waals surface area contributed by atoms with E-state index in [4.69, 9.17) is 23.7 Å². The van der Waals surface area contributed by atoms with E-state index in [0.29, 0.717) is 19.7 Å². The van der Waals surface area contributed by atoms with Crippen LogP contribution in [0.2, 0.25) is 0 Å². The summed E-state index contributed by atoms with van der Waals surface area (Å²) in [5.41, 5.74) is 1.07. The molecule has 3 heterocycles. The molecule has 0 N–H and O–H groups in total. The average Bonchev–Trinajstić information content (AvgIpc) is 3.32. The molecule has 0 aliphatic carbocycles. The van der Waals surface area contributed by atoms with Gasteiger partial charge in [-0.2, -0.15) is 0 Å². The molecule has 7 nitrogen and oxygen atoms in total. The van der Waals surface area contributed by atoms with Crippen molar-refractivity contribution in [3.05, 3.63) is 35.9 Å². The van der Waals surface area contributed by atoms with E-state index < -0.39 is 24.3 Å². The molecule has 3 aliphatic rings. The standard InChI is InChI=1S/C21H29NO6/c1-5-22(6-2)19(23)17-16(25-17)15-14(24-12-13-10-8-7-9-11-13)18-20(26-15)28-21(3,4)27-18/h7-11,14-18,20H,5-6,12H2,1-4H3/t14-,15-,16-,17+,18+,20+/m0/s1. The number of ether oxygens (including phenoxy) is 5. The topological polar surface area (TPSA) is 69.8 Å². The summed E-state index contributed by atoms with van der Waals surface area (Å²) in [7, 11) is 0. The molecular weight excluding hydrogens is 362 g/mol. The quantitative estimate of drug-likeness (QED) is 0.663. The summed E-state index contributed by atoms with van der Waals surface area (Å²) < 4.78 is 30.0. The number of rotatable bonds is 7. The second kappa shape index (κ2) is 7.72. The molecule has 7 heteroatoms. The Balaban J connectivity index is 1.46. The number of carbonyl (C=O) groups excluding carboxylic acids is 1. The van der Waals surface area contributed by atoms with Crippen molar-refractivity contribution in [2.75, 3.05) is 13.1 Å². The molecule has 0 saturated carbocycles. The number of nitrogens with zero attached hydrogens (tertiary/aromatic N) is 1. The molecule has 3 aliphatic heterocycles. The number of carbonyl (C=O) groups is 1. The number of benzene rings is 1. The molecule has 1 amide bonds. The van der Waals surface area contributed by atoms with Crippen molar-refractivity contribution < 1.29 is 28.5 Å². The van der Waals surface area contributed by atoms with E-state index in [1.807, 2.05) is 58.0 Å². The highest BCUT2D eigenvalue weighted by molar-refractivity contribution is 5.84. The summed E-state index contributed by atoms with van der Waals surface area (Å²) in [5, 5.41) is 0. The Kier molecular flexibility index (Phi) is 5.46. The molecule has 0 radical (unpaired) electrons. The molecule has 0 unspecified atom stereocenters. The summed E-state index contributed by atoms with van der Waals surface area (Å²) in [6, 6.07) is 9.95. The lowest BCUT2D eigenvalue weighted by Gasteiger charge is -2.25. The van der Waals surface area contributed by atoms with Crippen molar-refractivity contribution in [3.63, 3.8) is 0 Å². The Morgan fingerprint density at radius 2 is 1.75 bits per heavy atom. The van der Waals surface area contributed by atoms with Gasteiger partial charge < -0.3 is 28.6 Å². The Hall–Kier alpha value is -1.51. The van der Waals surface area contributed by atoms with Gasteiger partial charge in [-0.15, -0.1) is 0 Å². The summed E-state index contributed by atoms with van der Waals surface area (Å²) >= 11 is 0. The van der Waals surface area contributed by atoms with Gasteiger partial charge in [-0.1, -0.05) is 30.3 Å². The van der Waals surface area contributed by atoms with Gasteiger partial charge in [0.05, 0.1) is 6.61 Å². The maximum atomic E-state index is 12.6. The molecule has 3 fully saturated rings. The van der Waals surface area contributed by atoms with Crippen LogP contribution >= 0.6 is 0 Å². The lowest BCUT2D eigenvalue weighted by atomic mass is 10.0. The third-order valence-electron chi connectivity index (χ3n) is 5.48. The second-order valence-corrected chi connectivity index (χ2v) is 7.86. The predicted octanol–water partition coefficient (Wildman–Crippen LogP) is 2.08. The summed E-state index contributed by atoms with van der Waals surface area (Å²) in [5.74, 6) is -0.727. The van der Waals surface area contributed by atoms with Gasteiger partial charge in [0.2, 0.25) is 0 Å². The van der Waals surface area contributed by atoms with Gasteiger partial charge in [0.15, 0.2) is 18.2 Å². The van der Waals surface area contributed by atoms with E-state index in [-0.39, 0.29) is 24.2 Å². The molecule has 0 spiro atoms. The van der Waals surface area contributed by atoms with Crippen molar-refractivity contribution in [1.29, 1.82) is 0 Å². The highest BCUT2D eigenvalue weighted by atomic mass is 16.8. The number of epoxide rings is 1. The highest BCUT2D eigenvalue weighted by Crippen LogP contribution is 2.44. The zero-order chi connectivity index (χ0) is 19.9. The van der Waals surface area contributed by atoms with Crippen LogP contribution in [0.15, 0.2) is 30.3 Å². The third kappa shape index (κ3) is 3.82. The monoisotopic (exact) mass is 391 g/mol. The van der Waals surface area contributed by atoms with Crippen LogP contribution in [0.1, 0.15) is 33.3 Å². The van der Waals surface area contributed by atoms with Crippen LogP contribution in [-0.4, -0.2) is 66.5 Å². The fourth-order valence-electron chi connectivity index (χ4n) is 4.01. The van der Waals surface area contributed by atoms with Crippen LogP contribution in [-0.2, 0) is 35.1 Å². The van der Waals surface area contributed by atoms with Crippen LogP contribution in [0.25, 0.3) is 0 Å². The molecule has 28 heavy (non-hydrogen) atoms. The van der Waals surface area contributed by atoms with Gasteiger partial charge in [0, 0.05) is 13.1 Å². The molecule has 0 aromatic heterocycles. The molecule has 0 bridgehead atoms. The van der Waals surface area contributed by atoms with E-state index in [1.54, 1.807) is 4.90 Å². The molecular formula is C21H29NO6. The van der Waals surface area contributed by atoms with Gasteiger partial charge in [0.25, 0.3) is 5.91 Å². The number of hydrogen-bond donors (Lipinski definition) is 0. The van der Waals surface area contributed by atoms with Crippen molar-refractivity contribution >= 4 is 5.91 Å². The fraction of sp³-hybridized carbons (Fsp3) is 0.667. The maximum absolute atomic E-state index is 12.6. The summed E-state index contributed by atoms with van der Waals surface area (Å²) in [6.45, 7) is 9.39. The van der Waals surface area contributed by atoms with Gasteiger partial charge in [-0.3, -0.25) is 4.79 Å².